The van der Waals surface area contributed by atoms with E-state index in [-0.39, 0.29) is 28.6 Å². The van der Waals surface area contributed by atoms with E-state index in [1.54, 1.807) is 37.4 Å². The van der Waals surface area contributed by atoms with Crippen LogP contribution in [0.15, 0.2) is 90.0 Å². The van der Waals surface area contributed by atoms with Gasteiger partial charge in [-0.1, -0.05) is 54.6 Å². The van der Waals surface area contributed by atoms with E-state index < -0.39 is 5.97 Å². The summed E-state index contributed by atoms with van der Waals surface area (Å²) in [5.41, 5.74) is 8.66. The number of rotatable bonds is 7. The molecular formula is C29H23N3O5. The number of hydrogen-bond acceptors (Lipinski definition) is 6. The molecule has 0 aliphatic carbocycles. The van der Waals surface area contributed by atoms with Crippen LogP contribution in [-0.2, 0) is 16.1 Å². The summed E-state index contributed by atoms with van der Waals surface area (Å²) in [5, 5.41) is 27.2. The fourth-order valence-electron chi connectivity index (χ4n) is 4.21. The molecule has 0 aromatic heterocycles. The van der Waals surface area contributed by atoms with Crippen LogP contribution in [0.25, 0.3) is 22.3 Å². The Morgan fingerprint density at radius 3 is 2.43 bits per heavy atom. The molecule has 1 amide bonds. The van der Waals surface area contributed by atoms with Gasteiger partial charge in [-0.2, -0.15) is 5.10 Å². The van der Waals surface area contributed by atoms with Crippen LogP contribution in [-0.4, -0.2) is 34.9 Å². The number of aromatic hydroxyl groups is 1. The maximum atomic E-state index is 12.7. The van der Waals surface area contributed by atoms with Crippen LogP contribution in [0, 0.1) is 0 Å². The molecule has 0 bridgehead atoms. The quantitative estimate of drug-likeness (QED) is 0.204. The molecule has 37 heavy (non-hydrogen) atoms. The number of ether oxygens (including phenoxy) is 1. The molecule has 5 rings (SSSR count). The first-order chi connectivity index (χ1) is 17.9. The van der Waals surface area contributed by atoms with Gasteiger partial charge < -0.3 is 20.3 Å². The Morgan fingerprint density at radius 2 is 1.68 bits per heavy atom. The molecular weight excluding hydrogens is 470 g/mol. The second kappa shape index (κ2) is 9.96. The lowest BCUT2D eigenvalue weighted by Crippen LogP contribution is -2.15. The monoisotopic (exact) mass is 493 g/mol. The lowest BCUT2D eigenvalue weighted by Gasteiger charge is -2.10. The molecule has 1 heterocycles. The average molecular weight is 494 g/mol. The number of anilines is 2. The van der Waals surface area contributed by atoms with Gasteiger partial charge in [0.15, 0.2) is 5.71 Å². The predicted octanol–water partition coefficient (Wildman–Crippen LogP) is 5.34. The van der Waals surface area contributed by atoms with Crippen LogP contribution in [0.2, 0.25) is 0 Å². The van der Waals surface area contributed by atoms with Crippen molar-refractivity contribution in [3.8, 4) is 28.0 Å². The number of aromatic carboxylic acids is 1. The lowest BCUT2D eigenvalue weighted by molar-refractivity contribution is -0.110. The minimum absolute atomic E-state index is 0.111. The maximum absolute atomic E-state index is 12.7. The molecule has 184 valence electrons. The van der Waals surface area contributed by atoms with Crippen molar-refractivity contribution in [1.29, 1.82) is 0 Å². The van der Waals surface area contributed by atoms with Crippen LogP contribution in [0.3, 0.4) is 0 Å². The number of phenolic OH excluding ortho intramolecular Hbond substituents is 1. The van der Waals surface area contributed by atoms with Gasteiger partial charge in [0, 0.05) is 18.2 Å². The first-order valence-electron chi connectivity index (χ1n) is 11.5. The third-order valence-electron chi connectivity index (χ3n) is 6.08. The molecule has 8 nitrogen and oxygen atoms in total. The number of carboxylic acid groups (broad SMARTS) is 1. The number of para-hydroxylation sites is 1. The van der Waals surface area contributed by atoms with E-state index >= 15 is 0 Å². The summed E-state index contributed by atoms with van der Waals surface area (Å²) < 4.78 is 5.16. The van der Waals surface area contributed by atoms with E-state index in [1.165, 1.54) is 12.1 Å². The van der Waals surface area contributed by atoms with Crippen molar-refractivity contribution in [1.82, 2.24) is 0 Å². The molecule has 4 aromatic carbocycles. The van der Waals surface area contributed by atoms with E-state index in [0.717, 1.165) is 16.7 Å². The van der Waals surface area contributed by atoms with E-state index in [9.17, 15) is 19.8 Å². The Morgan fingerprint density at radius 1 is 0.919 bits per heavy atom. The van der Waals surface area contributed by atoms with E-state index in [1.807, 2.05) is 42.5 Å². The number of hydrazone groups is 1. The Bertz CT molecular complexity index is 1540. The van der Waals surface area contributed by atoms with E-state index in [4.69, 9.17) is 4.74 Å². The molecule has 4 N–H and O–H groups in total. The Labute approximate surface area is 212 Å². The number of amides is 1. The number of carboxylic acids is 1. The minimum atomic E-state index is -1.06. The van der Waals surface area contributed by atoms with Crippen molar-refractivity contribution in [2.75, 3.05) is 17.9 Å². The second-order valence-corrected chi connectivity index (χ2v) is 8.50. The van der Waals surface area contributed by atoms with Gasteiger partial charge in [0.2, 0.25) is 0 Å². The highest BCUT2D eigenvalue weighted by molar-refractivity contribution is 6.54. The molecule has 1 aliphatic rings. The first kappa shape index (κ1) is 23.8. The van der Waals surface area contributed by atoms with Crippen LogP contribution in [0.4, 0.5) is 11.4 Å². The molecule has 0 spiro atoms. The van der Waals surface area contributed by atoms with E-state index in [2.05, 4.69) is 15.8 Å². The molecule has 1 aliphatic heterocycles. The number of carbonyl (C=O) groups is 2. The molecule has 8 heteroatoms. The minimum Gasteiger partial charge on any atom is -0.505 e. The number of methoxy groups -OCH3 is 1. The van der Waals surface area contributed by atoms with Gasteiger partial charge in [-0.05, 0) is 52.6 Å². The van der Waals surface area contributed by atoms with Gasteiger partial charge in [0.1, 0.15) is 5.75 Å². The molecule has 0 fully saturated rings. The average Bonchev–Trinajstić information content (AvgIpc) is 3.22. The summed E-state index contributed by atoms with van der Waals surface area (Å²) in [7, 11) is 1.66. The number of hydrogen-bond donors (Lipinski definition) is 4. The highest BCUT2D eigenvalue weighted by Gasteiger charge is 2.26. The molecule has 4 aromatic rings. The SMILES string of the molecule is COCc1ccc(-c2ccc3c(c2)NC(=O)C3=NNc2cccc(-c3cccc(C(=O)O)c3)c2O)cc1. The Hall–Kier alpha value is -4.95. The fraction of sp³-hybridized carbons (Fsp3) is 0.0690. The fourth-order valence-corrected chi connectivity index (χ4v) is 4.21. The number of carbonyl (C=O) groups excluding carboxylic acids is 1. The highest BCUT2D eigenvalue weighted by Crippen LogP contribution is 2.36. The molecule has 0 saturated carbocycles. The standard InChI is InChI=1S/C29H23N3O5/c1-37-16-17-8-10-18(11-9-17)19-12-13-23-25(15-19)30-28(34)26(23)32-31-24-7-3-6-22(27(24)33)20-4-2-5-21(14-20)29(35)36/h2-15,31,33H,16H2,1H3,(H,35,36)(H,30,32,34). The highest BCUT2D eigenvalue weighted by atomic mass is 16.5. The van der Waals surface area contributed by atoms with Gasteiger partial charge in [0.05, 0.1) is 23.5 Å². The van der Waals surface area contributed by atoms with Gasteiger partial charge in [-0.3, -0.25) is 10.2 Å². The van der Waals surface area contributed by atoms with Crippen molar-refractivity contribution < 1.29 is 24.5 Å². The van der Waals surface area contributed by atoms with Crippen molar-refractivity contribution in [2.45, 2.75) is 6.61 Å². The zero-order chi connectivity index (χ0) is 25.9. The van der Waals surface area contributed by atoms with Gasteiger partial charge in [0.25, 0.3) is 5.91 Å². The topological polar surface area (TPSA) is 120 Å². The summed E-state index contributed by atoms with van der Waals surface area (Å²) in [6.07, 6.45) is 0. The van der Waals surface area contributed by atoms with Crippen molar-refractivity contribution >= 4 is 29.0 Å². The maximum Gasteiger partial charge on any atom is 0.335 e. The lowest BCUT2D eigenvalue weighted by atomic mass is 10.0. The van der Waals surface area contributed by atoms with Crippen LogP contribution >= 0.6 is 0 Å². The normalized spacial score (nSPS) is 13.3. The van der Waals surface area contributed by atoms with Crippen molar-refractivity contribution in [3.05, 3.63) is 102 Å². The Kier molecular flexibility index (Phi) is 6.40. The van der Waals surface area contributed by atoms with E-state index in [0.29, 0.717) is 29.0 Å². The number of fused-ring (bicyclic) bond motifs is 1. The summed E-state index contributed by atoms with van der Waals surface area (Å²) in [6.45, 7) is 0.542. The van der Waals surface area contributed by atoms with Crippen molar-refractivity contribution in [3.63, 3.8) is 0 Å². The van der Waals surface area contributed by atoms with Crippen LogP contribution in [0.5, 0.6) is 5.75 Å². The largest absolute Gasteiger partial charge is 0.505 e. The molecule has 0 saturated heterocycles. The second-order valence-electron chi connectivity index (χ2n) is 8.50. The van der Waals surface area contributed by atoms with Gasteiger partial charge in [-0.15, -0.1) is 0 Å². The summed E-state index contributed by atoms with van der Waals surface area (Å²) >= 11 is 0. The smallest absolute Gasteiger partial charge is 0.335 e. The first-order valence-corrected chi connectivity index (χ1v) is 11.5. The third kappa shape index (κ3) is 4.78. The number of benzene rings is 4. The molecule has 0 unspecified atom stereocenters. The van der Waals surface area contributed by atoms with Crippen LogP contribution in [0.1, 0.15) is 21.5 Å². The third-order valence-corrected chi connectivity index (χ3v) is 6.08. The predicted molar refractivity (Wildman–Crippen MR) is 142 cm³/mol. The van der Waals surface area contributed by atoms with Crippen molar-refractivity contribution in [2.24, 2.45) is 5.10 Å². The van der Waals surface area contributed by atoms with Crippen LogP contribution < -0.4 is 10.7 Å². The number of nitrogens with one attached hydrogen (secondary N) is 2. The van der Waals surface area contributed by atoms with Gasteiger partial charge in [-0.25, -0.2) is 4.79 Å². The zero-order valence-corrected chi connectivity index (χ0v) is 19.9. The zero-order valence-electron chi connectivity index (χ0n) is 19.9. The summed E-state index contributed by atoms with van der Waals surface area (Å²) in [5.74, 6) is -1.53. The van der Waals surface area contributed by atoms with Gasteiger partial charge >= 0.3 is 5.97 Å². The molecule has 0 radical (unpaired) electrons. The number of nitrogens with zero attached hydrogens (tertiary/aromatic N) is 1. The summed E-state index contributed by atoms with van der Waals surface area (Å²) in [6, 6.07) is 25.0. The summed E-state index contributed by atoms with van der Waals surface area (Å²) in [4.78, 5) is 24.0. The Balaban J connectivity index is 1.40. The number of phenols is 1. The molecule has 0 atom stereocenters.